The van der Waals surface area contributed by atoms with Gasteiger partial charge in [0.1, 0.15) is 0 Å². The van der Waals surface area contributed by atoms with Crippen molar-refractivity contribution in [3.05, 3.63) is 48.0 Å². The number of hydrazone groups is 1. The summed E-state index contributed by atoms with van der Waals surface area (Å²) in [5, 5.41) is 4.16. The van der Waals surface area contributed by atoms with E-state index in [1.807, 2.05) is 26.0 Å². The number of amides is 1. The lowest BCUT2D eigenvalue weighted by molar-refractivity contribution is -0.121. The van der Waals surface area contributed by atoms with Gasteiger partial charge in [0.05, 0.1) is 30.5 Å². The highest BCUT2D eigenvalue weighted by molar-refractivity contribution is 7.92. The maximum Gasteiger partial charge on any atom is 0.264 e. The number of nitrogens with one attached hydrogen (secondary N) is 1. The Balaban J connectivity index is 1.95. The third-order valence-corrected chi connectivity index (χ3v) is 6.90. The lowest BCUT2D eigenvalue weighted by Crippen LogP contribution is -2.33. The summed E-state index contributed by atoms with van der Waals surface area (Å²) in [5.41, 5.74) is 4.67. The quantitative estimate of drug-likeness (QED) is 0.673. The van der Waals surface area contributed by atoms with Gasteiger partial charge >= 0.3 is 0 Å². The number of hydrogen-bond acceptors (Lipinski definition) is 6. The summed E-state index contributed by atoms with van der Waals surface area (Å²) in [6.07, 6.45) is 1.01. The molecule has 1 N–H and O–H groups in total. The van der Waals surface area contributed by atoms with E-state index in [-0.39, 0.29) is 16.7 Å². The smallest absolute Gasteiger partial charge is 0.264 e. The highest BCUT2D eigenvalue weighted by atomic mass is 32.2. The summed E-state index contributed by atoms with van der Waals surface area (Å²) in [7, 11) is -0.853. The van der Waals surface area contributed by atoms with Crippen LogP contribution in [0.3, 0.4) is 0 Å². The van der Waals surface area contributed by atoms with Crippen LogP contribution in [0, 0.1) is 5.92 Å². The maximum absolute atomic E-state index is 13.4. The first-order chi connectivity index (χ1) is 14.8. The van der Waals surface area contributed by atoms with Crippen molar-refractivity contribution in [1.29, 1.82) is 0 Å². The zero-order valence-corrected chi connectivity index (χ0v) is 18.9. The average Bonchev–Trinajstić information content (AvgIpc) is 2.77. The fourth-order valence-electron chi connectivity index (χ4n) is 3.50. The van der Waals surface area contributed by atoms with E-state index >= 15 is 0 Å². The molecule has 166 valence electrons. The van der Waals surface area contributed by atoms with Crippen molar-refractivity contribution in [2.24, 2.45) is 11.0 Å². The molecule has 2 aromatic carbocycles. The van der Waals surface area contributed by atoms with Crippen LogP contribution in [0.15, 0.2) is 52.5 Å². The molecular formula is C22H27N3O5S. The fourth-order valence-corrected chi connectivity index (χ4v) is 5.07. The van der Waals surface area contributed by atoms with Crippen molar-refractivity contribution >= 4 is 27.3 Å². The summed E-state index contributed by atoms with van der Waals surface area (Å²) in [6, 6.07) is 11.7. The molecule has 1 aliphatic rings. The van der Waals surface area contributed by atoms with Gasteiger partial charge in [-0.05, 0) is 36.2 Å². The Bertz CT molecular complexity index is 1080. The van der Waals surface area contributed by atoms with Gasteiger partial charge in [-0.2, -0.15) is 5.10 Å². The minimum atomic E-state index is -3.82. The number of sulfonamides is 1. The first-order valence-electron chi connectivity index (χ1n) is 10.0. The molecule has 3 rings (SSSR count). The normalized spacial score (nSPS) is 16.3. The summed E-state index contributed by atoms with van der Waals surface area (Å²) in [5.74, 6) is 0.689. The van der Waals surface area contributed by atoms with Crippen molar-refractivity contribution in [3.63, 3.8) is 0 Å². The highest BCUT2D eigenvalue weighted by Crippen LogP contribution is 2.32. The van der Waals surface area contributed by atoms with E-state index in [2.05, 4.69) is 10.5 Å². The zero-order valence-electron chi connectivity index (χ0n) is 18.1. The molecule has 31 heavy (non-hydrogen) atoms. The third kappa shape index (κ3) is 4.66. The van der Waals surface area contributed by atoms with Crippen molar-refractivity contribution < 1.29 is 22.7 Å². The second-order valence-electron chi connectivity index (χ2n) is 7.28. The number of carbonyl (C=O) groups is 1. The fraction of sp³-hybridized carbons (Fsp3) is 0.364. The summed E-state index contributed by atoms with van der Waals surface area (Å²) in [6.45, 7) is 4.19. The molecule has 1 atom stereocenters. The lowest BCUT2D eigenvalue weighted by atomic mass is 9.94. The van der Waals surface area contributed by atoms with Gasteiger partial charge in [-0.15, -0.1) is 0 Å². The Morgan fingerprint density at radius 3 is 2.35 bits per heavy atom. The van der Waals surface area contributed by atoms with Crippen LogP contribution in [0.2, 0.25) is 0 Å². The zero-order chi connectivity index (χ0) is 22.6. The number of benzene rings is 2. The van der Waals surface area contributed by atoms with E-state index in [1.54, 1.807) is 18.2 Å². The molecule has 1 aliphatic heterocycles. The molecule has 0 radical (unpaired) electrons. The van der Waals surface area contributed by atoms with Crippen molar-refractivity contribution in [3.8, 4) is 11.5 Å². The molecule has 8 nitrogen and oxygen atoms in total. The monoisotopic (exact) mass is 445 g/mol. The minimum absolute atomic E-state index is 0.0122. The SMILES string of the molecule is CCCN(c1ccc(C2=NNC(=O)CC2C)cc1)S(=O)(=O)c1ccc(OC)c(OC)c1. The molecule has 1 unspecified atom stereocenters. The van der Waals surface area contributed by atoms with E-state index in [0.29, 0.717) is 36.6 Å². The molecule has 0 aliphatic carbocycles. The van der Waals surface area contributed by atoms with Crippen molar-refractivity contribution in [2.75, 3.05) is 25.1 Å². The topological polar surface area (TPSA) is 97.3 Å². The van der Waals surface area contributed by atoms with Gasteiger partial charge in [-0.25, -0.2) is 13.8 Å². The number of nitrogens with zero attached hydrogens (tertiary/aromatic N) is 2. The van der Waals surface area contributed by atoms with Crippen LogP contribution in [0.1, 0.15) is 32.3 Å². The summed E-state index contributed by atoms with van der Waals surface area (Å²) in [4.78, 5) is 11.6. The van der Waals surface area contributed by atoms with Gasteiger partial charge < -0.3 is 9.47 Å². The number of anilines is 1. The first-order valence-corrected chi connectivity index (χ1v) is 11.5. The molecule has 0 fully saturated rings. The van der Waals surface area contributed by atoms with Gasteiger partial charge in [0.25, 0.3) is 10.0 Å². The van der Waals surface area contributed by atoms with Crippen LogP contribution >= 0.6 is 0 Å². The minimum Gasteiger partial charge on any atom is -0.493 e. The van der Waals surface area contributed by atoms with Crippen molar-refractivity contribution in [2.45, 2.75) is 31.6 Å². The largest absolute Gasteiger partial charge is 0.493 e. The standard InChI is InChI=1S/C22H27N3O5S/c1-5-12-25(31(27,28)18-10-11-19(29-3)20(14-18)30-4)17-8-6-16(7-9-17)22-15(2)13-21(26)23-24-22/h6-11,14-15H,5,12-13H2,1-4H3,(H,23,26). The predicted octanol–water partition coefficient (Wildman–Crippen LogP) is 3.17. The van der Waals surface area contributed by atoms with Gasteiger partial charge in [0, 0.05) is 24.9 Å². The van der Waals surface area contributed by atoms with Gasteiger partial charge in [0.15, 0.2) is 11.5 Å². The van der Waals surface area contributed by atoms with Crippen LogP contribution in [-0.2, 0) is 14.8 Å². The first kappa shape index (κ1) is 22.6. The summed E-state index contributed by atoms with van der Waals surface area (Å²) >= 11 is 0. The number of hydrogen-bond donors (Lipinski definition) is 1. The third-order valence-electron chi connectivity index (χ3n) is 5.08. The maximum atomic E-state index is 13.4. The summed E-state index contributed by atoms with van der Waals surface area (Å²) < 4.78 is 38.7. The molecular weight excluding hydrogens is 418 g/mol. The Kier molecular flexibility index (Phi) is 6.84. The Morgan fingerprint density at radius 2 is 1.77 bits per heavy atom. The lowest BCUT2D eigenvalue weighted by Gasteiger charge is -2.25. The van der Waals surface area contributed by atoms with Crippen LogP contribution in [0.25, 0.3) is 0 Å². The van der Waals surface area contributed by atoms with Gasteiger partial charge in [-0.1, -0.05) is 26.0 Å². The second-order valence-corrected chi connectivity index (χ2v) is 9.14. The molecule has 9 heteroatoms. The number of carbonyl (C=O) groups excluding carboxylic acids is 1. The van der Waals surface area contributed by atoms with Gasteiger partial charge in [-0.3, -0.25) is 9.10 Å². The van der Waals surface area contributed by atoms with Crippen LogP contribution in [0.4, 0.5) is 5.69 Å². The van der Waals surface area contributed by atoms with E-state index in [0.717, 1.165) is 11.3 Å². The van der Waals surface area contributed by atoms with Crippen LogP contribution in [-0.4, -0.2) is 40.8 Å². The Labute approximate surface area is 182 Å². The second kappa shape index (κ2) is 9.38. The molecule has 1 amide bonds. The molecule has 1 heterocycles. The molecule has 0 bridgehead atoms. The van der Waals surface area contributed by atoms with E-state index in [9.17, 15) is 13.2 Å². The molecule has 0 spiro atoms. The van der Waals surface area contributed by atoms with Crippen molar-refractivity contribution in [1.82, 2.24) is 5.43 Å². The van der Waals surface area contributed by atoms with Crippen LogP contribution in [0.5, 0.6) is 11.5 Å². The Morgan fingerprint density at radius 1 is 1.10 bits per heavy atom. The van der Waals surface area contributed by atoms with E-state index < -0.39 is 10.0 Å². The van der Waals surface area contributed by atoms with Gasteiger partial charge in [0.2, 0.25) is 5.91 Å². The number of methoxy groups -OCH3 is 2. The molecule has 0 saturated carbocycles. The van der Waals surface area contributed by atoms with E-state index in [1.165, 1.54) is 30.7 Å². The van der Waals surface area contributed by atoms with Crippen LogP contribution < -0.4 is 19.2 Å². The Hall–Kier alpha value is -3.07. The highest BCUT2D eigenvalue weighted by Gasteiger charge is 2.27. The molecule has 0 saturated heterocycles. The molecule has 0 aromatic heterocycles. The number of rotatable bonds is 8. The molecule has 2 aromatic rings. The average molecular weight is 446 g/mol. The predicted molar refractivity (Wildman–Crippen MR) is 119 cm³/mol. The van der Waals surface area contributed by atoms with E-state index in [4.69, 9.17) is 9.47 Å². The number of ether oxygens (including phenoxy) is 2.